The third-order valence-electron chi connectivity index (χ3n) is 3.36. The van der Waals surface area contributed by atoms with Crippen LogP contribution in [0.2, 0.25) is 0 Å². The van der Waals surface area contributed by atoms with Crippen LogP contribution >= 0.6 is 0 Å². The average Bonchev–Trinajstić information content (AvgIpc) is 2.40. The summed E-state index contributed by atoms with van der Waals surface area (Å²) in [6.45, 7) is 6.79. The quantitative estimate of drug-likeness (QED) is 0.848. The van der Waals surface area contributed by atoms with E-state index in [0.717, 1.165) is 38.3 Å². The Bertz CT molecular complexity index is 385. The number of nitrogens with zero attached hydrogens (tertiary/aromatic N) is 3. The highest BCUT2D eigenvalue weighted by Crippen LogP contribution is 2.22. The number of aliphatic hydroxyl groups is 1. The molecule has 0 bridgehead atoms. The van der Waals surface area contributed by atoms with Crippen LogP contribution in [0.25, 0.3) is 0 Å². The summed E-state index contributed by atoms with van der Waals surface area (Å²) in [4.78, 5) is 10.9. The van der Waals surface area contributed by atoms with Crippen molar-refractivity contribution in [3.63, 3.8) is 0 Å². The molecule has 0 aromatic carbocycles. The fourth-order valence-electron chi connectivity index (χ4n) is 2.19. The Morgan fingerprint density at radius 2 is 2.39 bits per heavy atom. The number of anilines is 2. The van der Waals surface area contributed by atoms with E-state index in [1.165, 1.54) is 0 Å². The Labute approximate surface area is 108 Å². The van der Waals surface area contributed by atoms with Gasteiger partial charge in [-0.2, -0.15) is 4.98 Å². The molecule has 1 aliphatic rings. The molecule has 0 aliphatic carbocycles. The van der Waals surface area contributed by atoms with Crippen molar-refractivity contribution in [3.05, 3.63) is 12.3 Å². The number of hydrogen-bond acceptors (Lipinski definition) is 5. The van der Waals surface area contributed by atoms with E-state index in [1.54, 1.807) is 6.20 Å². The molecule has 0 radical (unpaired) electrons. The van der Waals surface area contributed by atoms with Crippen molar-refractivity contribution in [2.75, 3.05) is 29.9 Å². The van der Waals surface area contributed by atoms with E-state index in [1.807, 2.05) is 6.07 Å². The van der Waals surface area contributed by atoms with Gasteiger partial charge in [0.1, 0.15) is 5.82 Å². The van der Waals surface area contributed by atoms with E-state index in [2.05, 4.69) is 34.0 Å². The molecule has 2 rings (SSSR count). The monoisotopic (exact) mass is 250 g/mol. The second kappa shape index (κ2) is 6.00. The summed E-state index contributed by atoms with van der Waals surface area (Å²) in [6, 6.07) is 1.93. The molecule has 1 saturated heterocycles. The zero-order chi connectivity index (χ0) is 13.0. The van der Waals surface area contributed by atoms with Gasteiger partial charge in [0.05, 0.1) is 6.10 Å². The molecule has 2 N–H and O–H groups in total. The molecule has 0 amide bonds. The van der Waals surface area contributed by atoms with Crippen molar-refractivity contribution >= 4 is 11.8 Å². The van der Waals surface area contributed by atoms with Gasteiger partial charge in [-0.25, -0.2) is 4.98 Å². The standard InChI is InChI=1S/C13H22N4O/c1-3-6-14-13-15-7-4-12(16-13)17-8-5-11(18)10(2)9-17/h4,7,10-11,18H,3,5-6,8-9H2,1-2H3,(H,14,15,16). The summed E-state index contributed by atoms with van der Waals surface area (Å²) in [5, 5.41) is 12.9. The zero-order valence-electron chi connectivity index (χ0n) is 11.1. The molecule has 2 atom stereocenters. The predicted octanol–water partition coefficient (Wildman–Crippen LogP) is 1.51. The number of nitrogens with one attached hydrogen (secondary N) is 1. The van der Waals surface area contributed by atoms with Crippen molar-refractivity contribution < 1.29 is 5.11 Å². The second-order valence-corrected chi connectivity index (χ2v) is 4.94. The van der Waals surface area contributed by atoms with Crippen LogP contribution in [0.1, 0.15) is 26.7 Å². The Balaban J connectivity index is 2.04. The highest BCUT2D eigenvalue weighted by molar-refractivity contribution is 5.43. The van der Waals surface area contributed by atoms with Crippen LogP contribution in [0.3, 0.4) is 0 Å². The number of rotatable bonds is 4. The van der Waals surface area contributed by atoms with Crippen molar-refractivity contribution in [3.8, 4) is 0 Å². The van der Waals surface area contributed by atoms with Gasteiger partial charge in [-0.1, -0.05) is 13.8 Å². The van der Waals surface area contributed by atoms with E-state index < -0.39 is 0 Å². The molecule has 5 nitrogen and oxygen atoms in total. The van der Waals surface area contributed by atoms with Crippen LogP contribution in [0.4, 0.5) is 11.8 Å². The van der Waals surface area contributed by atoms with Crippen molar-refractivity contribution in [2.24, 2.45) is 5.92 Å². The summed E-state index contributed by atoms with van der Waals surface area (Å²) >= 11 is 0. The molecule has 2 heterocycles. The van der Waals surface area contributed by atoms with Gasteiger partial charge in [-0.15, -0.1) is 0 Å². The summed E-state index contributed by atoms with van der Waals surface area (Å²) in [6.07, 6.45) is 3.47. The van der Waals surface area contributed by atoms with Crippen molar-refractivity contribution in [2.45, 2.75) is 32.8 Å². The molecule has 0 saturated carbocycles. The lowest BCUT2D eigenvalue weighted by Crippen LogP contribution is -2.42. The minimum Gasteiger partial charge on any atom is -0.393 e. The van der Waals surface area contributed by atoms with E-state index in [4.69, 9.17) is 0 Å². The first kappa shape index (κ1) is 13.1. The highest BCUT2D eigenvalue weighted by Gasteiger charge is 2.24. The lowest BCUT2D eigenvalue weighted by Gasteiger charge is -2.35. The molecule has 5 heteroatoms. The van der Waals surface area contributed by atoms with E-state index in [9.17, 15) is 5.11 Å². The predicted molar refractivity (Wildman–Crippen MR) is 72.8 cm³/mol. The smallest absolute Gasteiger partial charge is 0.224 e. The second-order valence-electron chi connectivity index (χ2n) is 4.94. The highest BCUT2D eigenvalue weighted by atomic mass is 16.3. The minimum absolute atomic E-state index is 0.180. The fraction of sp³-hybridized carbons (Fsp3) is 0.692. The van der Waals surface area contributed by atoms with Gasteiger partial charge < -0.3 is 15.3 Å². The SMILES string of the molecule is CCCNc1nccc(N2CCC(O)C(C)C2)n1. The van der Waals surface area contributed by atoms with Gasteiger partial charge in [0.2, 0.25) is 5.95 Å². The lowest BCUT2D eigenvalue weighted by atomic mass is 9.97. The molecule has 0 spiro atoms. The summed E-state index contributed by atoms with van der Waals surface area (Å²) < 4.78 is 0. The molecule has 1 aliphatic heterocycles. The van der Waals surface area contributed by atoms with Gasteiger partial charge in [-0.3, -0.25) is 0 Å². The maximum Gasteiger partial charge on any atom is 0.224 e. The van der Waals surface area contributed by atoms with E-state index in [0.29, 0.717) is 11.9 Å². The Morgan fingerprint density at radius 1 is 1.56 bits per heavy atom. The normalized spacial score (nSPS) is 24.1. The van der Waals surface area contributed by atoms with E-state index in [-0.39, 0.29) is 6.10 Å². The van der Waals surface area contributed by atoms with Gasteiger partial charge in [0.25, 0.3) is 0 Å². The molecule has 18 heavy (non-hydrogen) atoms. The number of hydrogen-bond donors (Lipinski definition) is 2. The van der Waals surface area contributed by atoms with Crippen LogP contribution in [-0.2, 0) is 0 Å². The van der Waals surface area contributed by atoms with Crippen LogP contribution in [-0.4, -0.2) is 40.8 Å². The Morgan fingerprint density at radius 3 is 3.11 bits per heavy atom. The summed E-state index contributed by atoms with van der Waals surface area (Å²) in [7, 11) is 0. The topological polar surface area (TPSA) is 61.3 Å². The zero-order valence-corrected chi connectivity index (χ0v) is 11.1. The first-order valence-electron chi connectivity index (χ1n) is 6.70. The minimum atomic E-state index is -0.180. The number of aromatic nitrogens is 2. The van der Waals surface area contributed by atoms with Crippen molar-refractivity contribution in [1.82, 2.24) is 9.97 Å². The van der Waals surface area contributed by atoms with Gasteiger partial charge in [-0.05, 0) is 24.8 Å². The molecule has 2 unspecified atom stereocenters. The van der Waals surface area contributed by atoms with Gasteiger partial charge in [0.15, 0.2) is 0 Å². The molecular formula is C13H22N4O. The first-order valence-corrected chi connectivity index (χ1v) is 6.70. The number of piperidine rings is 1. The third-order valence-corrected chi connectivity index (χ3v) is 3.36. The van der Waals surface area contributed by atoms with Gasteiger partial charge >= 0.3 is 0 Å². The summed E-state index contributed by atoms with van der Waals surface area (Å²) in [5.41, 5.74) is 0. The van der Waals surface area contributed by atoms with Crippen LogP contribution in [0.15, 0.2) is 12.3 Å². The van der Waals surface area contributed by atoms with E-state index >= 15 is 0 Å². The largest absolute Gasteiger partial charge is 0.393 e. The van der Waals surface area contributed by atoms with Crippen LogP contribution < -0.4 is 10.2 Å². The maximum atomic E-state index is 9.74. The van der Waals surface area contributed by atoms with Crippen LogP contribution in [0, 0.1) is 5.92 Å². The molecule has 1 aromatic rings. The molecule has 1 aromatic heterocycles. The lowest BCUT2D eigenvalue weighted by molar-refractivity contribution is 0.0969. The third kappa shape index (κ3) is 3.10. The Kier molecular flexibility index (Phi) is 4.36. The molecule has 1 fully saturated rings. The molecular weight excluding hydrogens is 228 g/mol. The number of aliphatic hydroxyl groups excluding tert-OH is 1. The Hall–Kier alpha value is -1.36. The summed E-state index contributed by atoms with van der Waals surface area (Å²) in [5.74, 6) is 1.93. The van der Waals surface area contributed by atoms with Crippen LogP contribution in [0.5, 0.6) is 0 Å². The average molecular weight is 250 g/mol. The first-order chi connectivity index (χ1) is 8.70. The van der Waals surface area contributed by atoms with Crippen molar-refractivity contribution in [1.29, 1.82) is 0 Å². The fourth-order valence-corrected chi connectivity index (χ4v) is 2.19. The van der Waals surface area contributed by atoms with Gasteiger partial charge in [0, 0.05) is 25.8 Å². The molecule has 100 valence electrons. The maximum absolute atomic E-state index is 9.74.